The van der Waals surface area contributed by atoms with Crippen molar-refractivity contribution in [3.05, 3.63) is 58.3 Å². The quantitative estimate of drug-likeness (QED) is 0.698. The molecular formula is C21H26FN3O4. The summed E-state index contributed by atoms with van der Waals surface area (Å²) in [6.45, 7) is 4.71. The number of pyridine rings is 1. The molecule has 0 saturated heterocycles. The molecule has 156 valence electrons. The lowest BCUT2D eigenvalue weighted by molar-refractivity contribution is -0.118. The molecule has 0 aliphatic heterocycles. The number of carbonyl (C=O) groups excluding carboxylic acids is 2. The Balaban J connectivity index is 2.16. The summed E-state index contributed by atoms with van der Waals surface area (Å²) in [5.74, 6) is -1.48. The molecule has 0 aliphatic carbocycles. The van der Waals surface area contributed by atoms with Crippen LogP contribution in [0, 0.1) is 5.82 Å². The second-order valence-electron chi connectivity index (χ2n) is 6.62. The highest BCUT2D eigenvalue weighted by Crippen LogP contribution is 2.15. The normalized spacial score (nSPS) is 10.5. The lowest BCUT2D eigenvalue weighted by Crippen LogP contribution is -2.34. The second-order valence-corrected chi connectivity index (χ2v) is 6.62. The van der Waals surface area contributed by atoms with E-state index in [1.807, 2.05) is 13.8 Å². The van der Waals surface area contributed by atoms with Gasteiger partial charge in [-0.25, -0.2) is 4.39 Å². The van der Waals surface area contributed by atoms with E-state index in [1.54, 1.807) is 11.0 Å². The van der Waals surface area contributed by atoms with Gasteiger partial charge in [0.2, 0.25) is 0 Å². The first-order valence-electron chi connectivity index (χ1n) is 9.54. The standard InChI is InChI=1S/C21H26FN3O4/c1-4-10-25(11-5-2)20(27)15-12-17(21(28)24(3)13-15)23-19(26)14-29-18-9-7-6-8-16(18)22/h6-9,12-13H,4-5,10-11,14H2,1-3H3,(H,23,26). The molecule has 0 radical (unpaired) electrons. The molecule has 2 rings (SSSR count). The van der Waals surface area contributed by atoms with Crippen LogP contribution in [0.3, 0.4) is 0 Å². The Kier molecular flexibility index (Phi) is 7.94. The fourth-order valence-corrected chi connectivity index (χ4v) is 2.85. The van der Waals surface area contributed by atoms with Crippen LogP contribution in [0.1, 0.15) is 37.0 Å². The van der Waals surface area contributed by atoms with Gasteiger partial charge >= 0.3 is 0 Å². The van der Waals surface area contributed by atoms with Crippen molar-refractivity contribution < 1.29 is 18.7 Å². The van der Waals surface area contributed by atoms with E-state index in [-0.39, 0.29) is 17.3 Å². The molecule has 0 saturated carbocycles. The molecule has 2 aromatic rings. The third-order valence-corrected chi connectivity index (χ3v) is 4.17. The summed E-state index contributed by atoms with van der Waals surface area (Å²) in [6, 6.07) is 7.08. The number of aryl methyl sites for hydroxylation is 1. The number of amides is 2. The smallest absolute Gasteiger partial charge is 0.274 e. The van der Waals surface area contributed by atoms with Crippen molar-refractivity contribution in [2.45, 2.75) is 26.7 Å². The average molecular weight is 403 g/mol. The van der Waals surface area contributed by atoms with Gasteiger partial charge in [-0.1, -0.05) is 26.0 Å². The minimum absolute atomic E-state index is 0.0339. The number of nitrogens with one attached hydrogen (secondary N) is 1. The van der Waals surface area contributed by atoms with Crippen molar-refractivity contribution in [3.8, 4) is 5.75 Å². The van der Waals surface area contributed by atoms with Gasteiger partial charge in [0.1, 0.15) is 5.69 Å². The van der Waals surface area contributed by atoms with Crippen LogP contribution in [-0.2, 0) is 11.8 Å². The van der Waals surface area contributed by atoms with Gasteiger partial charge in [0.15, 0.2) is 18.2 Å². The Labute approximate surface area is 169 Å². The van der Waals surface area contributed by atoms with E-state index in [0.717, 1.165) is 12.8 Å². The number of hydrogen-bond donors (Lipinski definition) is 1. The summed E-state index contributed by atoms with van der Waals surface area (Å²) in [6.07, 6.45) is 3.08. The first-order valence-corrected chi connectivity index (χ1v) is 9.54. The number of hydrogen-bond acceptors (Lipinski definition) is 4. The molecule has 1 aromatic carbocycles. The molecule has 8 heteroatoms. The van der Waals surface area contributed by atoms with Gasteiger partial charge in [0, 0.05) is 26.3 Å². The first-order chi connectivity index (χ1) is 13.9. The summed E-state index contributed by atoms with van der Waals surface area (Å²) < 4.78 is 20.0. The zero-order valence-corrected chi connectivity index (χ0v) is 16.9. The molecule has 7 nitrogen and oxygen atoms in total. The zero-order chi connectivity index (χ0) is 21.4. The number of aromatic nitrogens is 1. The molecular weight excluding hydrogens is 377 g/mol. The Morgan fingerprint density at radius 3 is 2.45 bits per heavy atom. The van der Waals surface area contributed by atoms with Gasteiger partial charge < -0.3 is 19.5 Å². The van der Waals surface area contributed by atoms with Gasteiger partial charge in [-0.05, 0) is 31.0 Å². The molecule has 2 amide bonds. The van der Waals surface area contributed by atoms with Gasteiger partial charge in [0.25, 0.3) is 17.4 Å². The van der Waals surface area contributed by atoms with Crippen molar-refractivity contribution in [2.24, 2.45) is 7.05 Å². The van der Waals surface area contributed by atoms with Crippen LogP contribution in [0.15, 0.2) is 41.3 Å². The fourth-order valence-electron chi connectivity index (χ4n) is 2.85. The van der Waals surface area contributed by atoms with E-state index in [9.17, 15) is 18.8 Å². The largest absolute Gasteiger partial charge is 0.481 e. The minimum atomic E-state index is -0.631. The number of benzene rings is 1. The molecule has 0 atom stereocenters. The van der Waals surface area contributed by atoms with E-state index in [0.29, 0.717) is 18.7 Å². The number of nitrogens with zero attached hydrogens (tertiary/aromatic N) is 2. The first kappa shape index (κ1) is 22.1. The Morgan fingerprint density at radius 1 is 1.17 bits per heavy atom. The molecule has 29 heavy (non-hydrogen) atoms. The molecule has 1 heterocycles. The fraction of sp³-hybridized carbons (Fsp3) is 0.381. The summed E-state index contributed by atoms with van der Waals surface area (Å²) in [5.41, 5.74) is -0.189. The summed E-state index contributed by atoms with van der Waals surface area (Å²) in [5, 5.41) is 2.45. The van der Waals surface area contributed by atoms with Crippen molar-refractivity contribution in [1.82, 2.24) is 9.47 Å². The van der Waals surface area contributed by atoms with Crippen LogP contribution in [-0.4, -0.2) is 41.0 Å². The van der Waals surface area contributed by atoms with Crippen LogP contribution >= 0.6 is 0 Å². The SMILES string of the molecule is CCCN(CCC)C(=O)c1cc(NC(=O)COc2ccccc2F)c(=O)n(C)c1. The van der Waals surface area contributed by atoms with E-state index < -0.39 is 23.9 Å². The minimum Gasteiger partial charge on any atom is -0.481 e. The van der Waals surface area contributed by atoms with Crippen LogP contribution in [0.25, 0.3) is 0 Å². The topological polar surface area (TPSA) is 80.6 Å². The monoisotopic (exact) mass is 403 g/mol. The highest BCUT2D eigenvalue weighted by Gasteiger charge is 2.18. The maximum absolute atomic E-state index is 13.6. The van der Waals surface area contributed by atoms with Crippen LogP contribution in [0.4, 0.5) is 10.1 Å². The number of halogens is 1. The zero-order valence-electron chi connectivity index (χ0n) is 16.9. The van der Waals surface area contributed by atoms with E-state index in [1.165, 1.54) is 42.1 Å². The maximum Gasteiger partial charge on any atom is 0.274 e. The second kappa shape index (κ2) is 10.4. The number of carbonyl (C=O) groups is 2. The summed E-state index contributed by atoms with van der Waals surface area (Å²) in [7, 11) is 1.51. The Hall–Kier alpha value is -3.16. The molecule has 0 unspecified atom stereocenters. The molecule has 0 spiro atoms. The van der Waals surface area contributed by atoms with Crippen LogP contribution in [0.2, 0.25) is 0 Å². The Bertz CT molecular complexity index is 920. The predicted octanol–water partition coefficient (Wildman–Crippen LogP) is 2.80. The molecule has 1 aromatic heterocycles. The number of rotatable bonds is 9. The molecule has 0 bridgehead atoms. The lowest BCUT2D eigenvalue weighted by Gasteiger charge is -2.22. The maximum atomic E-state index is 13.6. The number of ether oxygens (including phenoxy) is 1. The van der Waals surface area contributed by atoms with Gasteiger partial charge in [-0.15, -0.1) is 0 Å². The van der Waals surface area contributed by atoms with Crippen molar-refractivity contribution in [1.29, 1.82) is 0 Å². The number of para-hydroxylation sites is 1. The van der Waals surface area contributed by atoms with Crippen molar-refractivity contribution in [3.63, 3.8) is 0 Å². The molecule has 0 aliphatic rings. The summed E-state index contributed by atoms with van der Waals surface area (Å²) in [4.78, 5) is 39.1. The van der Waals surface area contributed by atoms with Crippen molar-refractivity contribution in [2.75, 3.05) is 25.0 Å². The molecule has 1 N–H and O–H groups in total. The van der Waals surface area contributed by atoms with E-state index in [2.05, 4.69) is 5.32 Å². The predicted molar refractivity (Wildman–Crippen MR) is 109 cm³/mol. The van der Waals surface area contributed by atoms with Gasteiger partial charge in [0.05, 0.1) is 5.56 Å². The van der Waals surface area contributed by atoms with E-state index >= 15 is 0 Å². The van der Waals surface area contributed by atoms with Crippen LogP contribution < -0.4 is 15.6 Å². The Morgan fingerprint density at radius 2 is 1.83 bits per heavy atom. The van der Waals surface area contributed by atoms with Crippen molar-refractivity contribution >= 4 is 17.5 Å². The average Bonchev–Trinajstić information content (AvgIpc) is 2.70. The third kappa shape index (κ3) is 5.91. The molecule has 0 fully saturated rings. The van der Waals surface area contributed by atoms with Crippen LogP contribution in [0.5, 0.6) is 5.75 Å². The highest BCUT2D eigenvalue weighted by atomic mass is 19.1. The third-order valence-electron chi connectivity index (χ3n) is 4.17. The highest BCUT2D eigenvalue weighted by molar-refractivity contribution is 5.97. The van der Waals surface area contributed by atoms with E-state index in [4.69, 9.17) is 4.74 Å². The van der Waals surface area contributed by atoms with Gasteiger partial charge in [-0.2, -0.15) is 0 Å². The van der Waals surface area contributed by atoms with Gasteiger partial charge in [-0.3, -0.25) is 14.4 Å². The number of anilines is 1. The summed E-state index contributed by atoms with van der Waals surface area (Å²) >= 11 is 0. The lowest BCUT2D eigenvalue weighted by atomic mass is 10.2.